The standard InChI is InChI=1S/C20H19N3O2S/c24-23(25)18-14-15(8-10-17(18)22-12-4-1-5-13-22)9-11-20-21-16-6-2-3-7-19(16)26-20/h2-3,6-11,14H,1,4-5,12-13H2. The van der Waals surface area contributed by atoms with Crippen LogP contribution in [0.2, 0.25) is 0 Å². The fourth-order valence-corrected chi connectivity index (χ4v) is 4.19. The van der Waals surface area contributed by atoms with Crippen LogP contribution in [0.1, 0.15) is 29.8 Å². The first-order chi connectivity index (χ1) is 12.7. The number of nitro groups is 1. The highest BCUT2D eigenvalue weighted by molar-refractivity contribution is 7.19. The molecule has 1 saturated heterocycles. The third-order valence-corrected chi connectivity index (χ3v) is 5.62. The molecule has 26 heavy (non-hydrogen) atoms. The normalized spacial score (nSPS) is 15.0. The van der Waals surface area contributed by atoms with Crippen molar-refractivity contribution in [1.29, 1.82) is 0 Å². The van der Waals surface area contributed by atoms with Gasteiger partial charge < -0.3 is 4.90 Å². The number of fused-ring (bicyclic) bond motifs is 1. The van der Waals surface area contributed by atoms with E-state index in [2.05, 4.69) is 9.88 Å². The lowest BCUT2D eigenvalue weighted by Gasteiger charge is -2.28. The Hall–Kier alpha value is -2.73. The van der Waals surface area contributed by atoms with Crippen LogP contribution in [0.15, 0.2) is 42.5 Å². The average molecular weight is 365 g/mol. The number of anilines is 1. The minimum atomic E-state index is -0.279. The summed E-state index contributed by atoms with van der Waals surface area (Å²) in [5, 5.41) is 12.5. The number of benzene rings is 2. The average Bonchev–Trinajstić information content (AvgIpc) is 3.10. The molecule has 132 valence electrons. The Labute approximate surface area is 155 Å². The Balaban J connectivity index is 1.61. The van der Waals surface area contributed by atoms with Gasteiger partial charge in [-0.2, -0.15) is 0 Å². The van der Waals surface area contributed by atoms with E-state index in [9.17, 15) is 10.1 Å². The first kappa shape index (κ1) is 16.7. The number of hydrogen-bond acceptors (Lipinski definition) is 5. The molecule has 0 radical (unpaired) electrons. The summed E-state index contributed by atoms with van der Waals surface area (Å²) in [7, 11) is 0. The van der Waals surface area contributed by atoms with Crippen molar-refractivity contribution >= 4 is 45.1 Å². The van der Waals surface area contributed by atoms with Gasteiger partial charge in [-0.3, -0.25) is 10.1 Å². The predicted molar refractivity (Wildman–Crippen MR) is 108 cm³/mol. The maximum absolute atomic E-state index is 11.6. The zero-order chi connectivity index (χ0) is 17.9. The molecule has 6 heteroatoms. The first-order valence-electron chi connectivity index (χ1n) is 8.78. The minimum absolute atomic E-state index is 0.179. The van der Waals surface area contributed by atoms with Crippen LogP contribution in [-0.4, -0.2) is 23.0 Å². The van der Waals surface area contributed by atoms with Gasteiger partial charge in [0.05, 0.1) is 15.1 Å². The number of aromatic nitrogens is 1. The molecule has 0 bridgehead atoms. The summed E-state index contributed by atoms with van der Waals surface area (Å²) in [5.74, 6) is 0. The number of nitro benzene ring substituents is 1. The molecule has 0 saturated carbocycles. The van der Waals surface area contributed by atoms with Crippen LogP contribution in [-0.2, 0) is 0 Å². The van der Waals surface area contributed by atoms with Gasteiger partial charge >= 0.3 is 0 Å². The predicted octanol–water partition coefficient (Wildman–Crippen LogP) is 5.37. The number of nitrogens with zero attached hydrogens (tertiary/aromatic N) is 3. The highest BCUT2D eigenvalue weighted by atomic mass is 32.1. The minimum Gasteiger partial charge on any atom is -0.366 e. The molecule has 0 aliphatic carbocycles. The summed E-state index contributed by atoms with van der Waals surface area (Å²) in [6.07, 6.45) is 7.20. The second kappa shape index (κ2) is 7.25. The lowest BCUT2D eigenvalue weighted by Crippen LogP contribution is -2.29. The number of thiazole rings is 1. The number of para-hydroxylation sites is 1. The Kier molecular flexibility index (Phi) is 4.67. The van der Waals surface area contributed by atoms with Gasteiger partial charge in [-0.05, 0) is 49.1 Å². The van der Waals surface area contributed by atoms with Gasteiger partial charge in [0.15, 0.2) is 0 Å². The van der Waals surface area contributed by atoms with E-state index in [0.29, 0.717) is 0 Å². The first-order valence-corrected chi connectivity index (χ1v) is 9.59. The van der Waals surface area contributed by atoms with E-state index in [1.807, 2.05) is 48.6 Å². The van der Waals surface area contributed by atoms with Crippen molar-refractivity contribution in [2.45, 2.75) is 19.3 Å². The summed E-state index contributed by atoms with van der Waals surface area (Å²) in [6.45, 7) is 1.78. The molecule has 5 nitrogen and oxygen atoms in total. The van der Waals surface area contributed by atoms with Crippen molar-refractivity contribution in [3.8, 4) is 0 Å². The van der Waals surface area contributed by atoms with Crippen molar-refractivity contribution in [2.75, 3.05) is 18.0 Å². The van der Waals surface area contributed by atoms with Crippen molar-refractivity contribution in [1.82, 2.24) is 4.98 Å². The molecule has 1 aliphatic rings. The Morgan fingerprint density at radius 3 is 2.65 bits per heavy atom. The van der Waals surface area contributed by atoms with Gasteiger partial charge in [0.1, 0.15) is 10.7 Å². The van der Waals surface area contributed by atoms with Crippen molar-refractivity contribution in [2.24, 2.45) is 0 Å². The molecular formula is C20H19N3O2S. The van der Waals surface area contributed by atoms with Gasteiger partial charge in [-0.25, -0.2) is 4.98 Å². The molecule has 2 heterocycles. The topological polar surface area (TPSA) is 59.3 Å². The SMILES string of the molecule is O=[N+]([O-])c1cc(C=Cc2nc3ccccc3s2)ccc1N1CCCCC1. The summed E-state index contributed by atoms with van der Waals surface area (Å²) in [6, 6.07) is 13.5. The number of piperidine rings is 1. The largest absolute Gasteiger partial charge is 0.366 e. The highest BCUT2D eigenvalue weighted by Crippen LogP contribution is 2.32. The van der Waals surface area contributed by atoms with E-state index in [-0.39, 0.29) is 10.6 Å². The lowest BCUT2D eigenvalue weighted by molar-refractivity contribution is -0.384. The highest BCUT2D eigenvalue weighted by Gasteiger charge is 2.21. The molecule has 1 aromatic heterocycles. The van der Waals surface area contributed by atoms with Crippen LogP contribution in [0, 0.1) is 10.1 Å². The molecule has 0 atom stereocenters. The Morgan fingerprint density at radius 2 is 1.88 bits per heavy atom. The summed E-state index contributed by atoms with van der Waals surface area (Å²) in [4.78, 5) is 18.0. The molecule has 2 aromatic carbocycles. The maximum Gasteiger partial charge on any atom is 0.293 e. The molecule has 0 spiro atoms. The monoisotopic (exact) mass is 365 g/mol. The van der Waals surface area contributed by atoms with Gasteiger partial charge in [0, 0.05) is 19.2 Å². The van der Waals surface area contributed by atoms with Gasteiger partial charge in [0.25, 0.3) is 5.69 Å². The maximum atomic E-state index is 11.6. The third-order valence-electron chi connectivity index (χ3n) is 4.62. The van der Waals surface area contributed by atoms with Crippen molar-refractivity contribution in [3.05, 3.63) is 63.1 Å². The van der Waals surface area contributed by atoms with E-state index in [4.69, 9.17) is 0 Å². The smallest absolute Gasteiger partial charge is 0.293 e. The van der Waals surface area contributed by atoms with Crippen LogP contribution in [0.5, 0.6) is 0 Å². The molecule has 4 rings (SSSR count). The molecule has 1 fully saturated rings. The zero-order valence-corrected chi connectivity index (χ0v) is 15.1. The quantitative estimate of drug-likeness (QED) is 0.461. The number of rotatable bonds is 4. The Morgan fingerprint density at radius 1 is 1.08 bits per heavy atom. The molecular weight excluding hydrogens is 346 g/mol. The van der Waals surface area contributed by atoms with Crippen molar-refractivity contribution in [3.63, 3.8) is 0 Å². The third kappa shape index (κ3) is 3.46. The number of hydrogen-bond donors (Lipinski definition) is 0. The zero-order valence-electron chi connectivity index (χ0n) is 14.3. The van der Waals surface area contributed by atoms with E-state index < -0.39 is 0 Å². The van der Waals surface area contributed by atoms with Gasteiger partial charge in [-0.15, -0.1) is 11.3 Å². The van der Waals surface area contributed by atoms with E-state index in [1.165, 1.54) is 6.42 Å². The Bertz CT molecular complexity index is 941. The van der Waals surface area contributed by atoms with E-state index >= 15 is 0 Å². The van der Waals surface area contributed by atoms with Crippen LogP contribution in [0.3, 0.4) is 0 Å². The van der Waals surface area contributed by atoms with Crippen LogP contribution >= 0.6 is 11.3 Å². The summed E-state index contributed by atoms with van der Waals surface area (Å²) < 4.78 is 1.14. The fraction of sp³-hybridized carbons (Fsp3) is 0.250. The van der Waals surface area contributed by atoms with Gasteiger partial charge in [-0.1, -0.05) is 24.3 Å². The summed E-state index contributed by atoms with van der Waals surface area (Å²) >= 11 is 1.61. The molecule has 0 amide bonds. The van der Waals surface area contributed by atoms with Crippen LogP contribution < -0.4 is 4.90 Å². The summed E-state index contributed by atoms with van der Waals surface area (Å²) in [5.41, 5.74) is 2.70. The second-order valence-corrected chi connectivity index (χ2v) is 7.47. The molecule has 0 N–H and O–H groups in total. The van der Waals surface area contributed by atoms with Gasteiger partial charge in [0.2, 0.25) is 0 Å². The second-order valence-electron chi connectivity index (χ2n) is 6.41. The van der Waals surface area contributed by atoms with Crippen LogP contribution in [0.4, 0.5) is 11.4 Å². The molecule has 0 unspecified atom stereocenters. The van der Waals surface area contributed by atoms with Crippen LogP contribution in [0.25, 0.3) is 22.4 Å². The lowest BCUT2D eigenvalue weighted by atomic mass is 10.1. The van der Waals surface area contributed by atoms with E-state index in [1.54, 1.807) is 17.4 Å². The fourth-order valence-electron chi connectivity index (χ4n) is 3.32. The molecule has 1 aliphatic heterocycles. The van der Waals surface area contributed by atoms with E-state index in [0.717, 1.165) is 52.4 Å². The van der Waals surface area contributed by atoms with Crippen molar-refractivity contribution < 1.29 is 4.92 Å². The molecule has 3 aromatic rings.